The maximum atomic E-state index is 14.7. The number of halogens is 3. The van der Waals surface area contributed by atoms with E-state index in [9.17, 15) is 22.8 Å². The fourth-order valence-electron chi connectivity index (χ4n) is 4.05. The second-order valence-corrected chi connectivity index (χ2v) is 8.65. The first-order valence-corrected chi connectivity index (χ1v) is 11.8. The summed E-state index contributed by atoms with van der Waals surface area (Å²) in [7, 11) is 2.69. The number of amidine groups is 1. The predicted octanol–water partition coefficient (Wildman–Crippen LogP) is 4.43. The van der Waals surface area contributed by atoms with Gasteiger partial charge in [-0.05, 0) is 42.3 Å². The van der Waals surface area contributed by atoms with Crippen molar-refractivity contribution in [1.29, 1.82) is 0 Å². The zero-order chi connectivity index (χ0) is 28.1. The second kappa shape index (κ2) is 11.8. The number of nitrogens with zero attached hydrogens (tertiary/aromatic N) is 3. The lowest BCUT2D eigenvalue weighted by molar-refractivity contribution is -0.137. The molecule has 0 fully saturated rings. The van der Waals surface area contributed by atoms with Crippen LogP contribution in [-0.2, 0) is 27.4 Å². The van der Waals surface area contributed by atoms with Crippen LogP contribution >= 0.6 is 0 Å². The Kier molecular flexibility index (Phi) is 8.28. The predicted molar refractivity (Wildman–Crippen MR) is 137 cm³/mol. The Labute approximate surface area is 222 Å². The highest BCUT2D eigenvalue weighted by Gasteiger charge is 2.27. The molecule has 2 aromatic carbocycles. The Balaban J connectivity index is 1.88. The summed E-state index contributed by atoms with van der Waals surface area (Å²) < 4.78 is 52.8. The maximum Gasteiger partial charge on any atom is 0.336 e. The first-order valence-electron chi connectivity index (χ1n) is 11.8. The minimum Gasteiger partial charge on any atom is -0.497 e. The van der Waals surface area contributed by atoms with Gasteiger partial charge in [0.1, 0.15) is 23.1 Å². The van der Waals surface area contributed by atoms with E-state index in [1.165, 1.54) is 37.1 Å². The minimum absolute atomic E-state index is 0.0466. The summed E-state index contributed by atoms with van der Waals surface area (Å²) >= 11 is 0. The Morgan fingerprint density at radius 2 is 1.79 bits per heavy atom. The van der Waals surface area contributed by atoms with E-state index in [0.29, 0.717) is 17.4 Å². The lowest BCUT2D eigenvalue weighted by Gasteiger charge is -2.26. The molecule has 4 rings (SSSR count). The van der Waals surface area contributed by atoms with E-state index in [-0.39, 0.29) is 41.6 Å². The number of methoxy groups -OCH3 is 2. The highest BCUT2D eigenvalue weighted by Crippen LogP contribution is 2.28. The van der Waals surface area contributed by atoms with Crippen molar-refractivity contribution < 1.29 is 32.2 Å². The molecule has 11 heteroatoms. The first-order chi connectivity index (χ1) is 18.7. The fraction of sp³-hybridized carbons (Fsp3) is 0.214. The second-order valence-electron chi connectivity index (χ2n) is 8.65. The van der Waals surface area contributed by atoms with Gasteiger partial charge in [-0.3, -0.25) is 9.79 Å². The molecule has 0 unspecified atom stereocenters. The number of amides is 1. The van der Waals surface area contributed by atoms with Crippen molar-refractivity contribution in [2.24, 2.45) is 4.99 Å². The molecule has 0 spiro atoms. The highest BCUT2D eigenvalue weighted by atomic mass is 19.1. The number of benzene rings is 2. The Hall–Kier alpha value is -4.67. The van der Waals surface area contributed by atoms with Crippen LogP contribution in [0.2, 0.25) is 0 Å². The summed E-state index contributed by atoms with van der Waals surface area (Å²) in [6.07, 6.45) is 0.404. The number of carbonyl (C=O) groups excluding carboxylic acids is 2. The summed E-state index contributed by atoms with van der Waals surface area (Å²) in [5.74, 6) is -3.27. The smallest absolute Gasteiger partial charge is 0.336 e. The van der Waals surface area contributed by atoms with Crippen LogP contribution in [0.5, 0.6) is 5.75 Å². The van der Waals surface area contributed by atoms with Crippen LogP contribution in [0.25, 0.3) is 0 Å². The number of pyridine rings is 1. The van der Waals surface area contributed by atoms with Gasteiger partial charge < -0.3 is 19.7 Å². The van der Waals surface area contributed by atoms with Crippen LogP contribution in [-0.4, -0.2) is 36.9 Å². The molecule has 39 heavy (non-hydrogen) atoms. The number of anilines is 1. The largest absolute Gasteiger partial charge is 0.497 e. The third kappa shape index (κ3) is 6.25. The molecule has 1 aromatic heterocycles. The van der Waals surface area contributed by atoms with Gasteiger partial charge in [0.05, 0.1) is 51.2 Å². The van der Waals surface area contributed by atoms with Crippen molar-refractivity contribution in [2.45, 2.75) is 26.4 Å². The molecular weight excluding hydrogens is 513 g/mol. The van der Waals surface area contributed by atoms with Crippen LogP contribution in [0.3, 0.4) is 0 Å². The van der Waals surface area contributed by atoms with Gasteiger partial charge in [-0.2, -0.15) is 0 Å². The standard InChI is InChI=1S/C28H25F3N4O4/c1-16-22(28(37)39-3)12-25(36)35(15-17-4-8-21(38-2)9-5-17)24-11-19(29)7-6-18(24)13-33-27(34-16)26-23(31)10-20(30)14-32-26/h4-11,14H,12-13,15H2,1-3H3,(H,33,34). The van der Waals surface area contributed by atoms with Crippen LogP contribution in [0.4, 0.5) is 18.9 Å². The molecule has 0 bridgehead atoms. The Morgan fingerprint density at radius 1 is 1.05 bits per heavy atom. The van der Waals surface area contributed by atoms with Crippen molar-refractivity contribution >= 4 is 23.4 Å². The molecule has 8 nitrogen and oxygen atoms in total. The van der Waals surface area contributed by atoms with Gasteiger partial charge in [0, 0.05) is 11.8 Å². The molecule has 0 saturated carbocycles. The number of esters is 1. The van der Waals surface area contributed by atoms with Crippen LogP contribution in [0, 0.1) is 17.5 Å². The monoisotopic (exact) mass is 538 g/mol. The first kappa shape index (κ1) is 27.4. The Morgan fingerprint density at radius 3 is 2.46 bits per heavy atom. The van der Waals surface area contributed by atoms with Crippen molar-refractivity contribution in [3.63, 3.8) is 0 Å². The molecule has 1 amide bonds. The molecule has 0 atom stereocenters. The topological polar surface area (TPSA) is 93.1 Å². The lowest BCUT2D eigenvalue weighted by atomic mass is 10.1. The number of carbonyl (C=O) groups is 2. The van der Waals surface area contributed by atoms with Crippen molar-refractivity contribution in [3.05, 3.63) is 100 Å². The summed E-state index contributed by atoms with van der Waals surface area (Å²) in [4.78, 5) is 36.0. The molecular formula is C28H25F3N4O4. The van der Waals surface area contributed by atoms with Crippen LogP contribution in [0.1, 0.15) is 30.2 Å². The molecule has 0 aliphatic carbocycles. The van der Waals surface area contributed by atoms with Crippen molar-refractivity contribution in [1.82, 2.24) is 10.3 Å². The van der Waals surface area contributed by atoms with Gasteiger partial charge in [0.25, 0.3) is 0 Å². The zero-order valence-corrected chi connectivity index (χ0v) is 21.4. The molecule has 1 aliphatic heterocycles. The summed E-state index contributed by atoms with van der Waals surface area (Å²) in [5, 5.41) is 2.84. The van der Waals surface area contributed by atoms with Crippen molar-refractivity contribution in [3.8, 4) is 5.75 Å². The third-order valence-corrected chi connectivity index (χ3v) is 6.10. The molecule has 3 aromatic rings. The quantitative estimate of drug-likeness (QED) is 0.484. The third-order valence-electron chi connectivity index (χ3n) is 6.10. The number of aliphatic imine (C=N–C) groups is 1. The Bertz CT molecular complexity index is 1470. The van der Waals surface area contributed by atoms with Crippen LogP contribution < -0.4 is 15.0 Å². The van der Waals surface area contributed by atoms with Gasteiger partial charge in [-0.25, -0.2) is 22.9 Å². The van der Waals surface area contributed by atoms with Gasteiger partial charge >= 0.3 is 5.97 Å². The fourth-order valence-corrected chi connectivity index (χ4v) is 4.05. The minimum atomic E-state index is -0.986. The van der Waals surface area contributed by atoms with Crippen LogP contribution in [0.15, 0.2) is 71.0 Å². The number of aromatic nitrogens is 1. The number of fused-ring (bicyclic) bond motifs is 1. The normalized spacial score (nSPS) is 14.2. The number of nitrogens with one attached hydrogen (secondary N) is 1. The molecule has 0 saturated heterocycles. The maximum absolute atomic E-state index is 14.7. The highest BCUT2D eigenvalue weighted by molar-refractivity contribution is 6.04. The van der Waals surface area contributed by atoms with E-state index in [0.717, 1.165) is 18.9 Å². The van der Waals surface area contributed by atoms with E-state index in [1.54, 1.807) is 24.3 Å². The van der Waals surface area contributed by atoms with E-state index >= 15 is 0 Å². The lowest BCUT2D eigenvalue weighted by Crippen LogP contribution is -2.33. The average Bonchev–Trinajstić information content (AvgIpc) is 2.94. The van der Waals surface area contributed by atoms with E-state index in [4.69, 9.17) is 9.47 Å². The molecule has 2 heterocycles. The van der Waals surface area contributed by atoms with E-state index in [2.05, 4.69) is 15.3 Å². The number of hydrogen-bond acceptors (Lipinski definition) is 7. The SMILES string of the molecule is COC(=O)C1=C(C)NC(c2ncc(F)cc2F)=NCc2ccc(F)cc2N(Cc2ccc(OC)cc2)C(=O)C1. The van der Waals surface area contributed by atoms with Gasteiger partial charge in [-0.1, -0.05) is 18.2 Å². The molecule has 1 N–H and O–H groups in total. The average molecular weight is 539 g/mol. The molecule has 0 radical (unpaired) electrons. The molecule has 1 aliphatic rings. The van der Waals surface area contributed by atoms with E-state index < -0.39 is 35.7 Å². The summed E-state index contributed by atoms with van der Waals surface area (Å²) in [6.45, 7) is 1.42. The van der Waals surface area contributed by atoms with Gasteiger partial charge in [0.15, 0.2) is 11.7 Å². The number of allylic oxidation sites excluding steroid dienone is 1. The number of ether oxygens (including phenoxy) is 2. The van der Waals surface area contributed by atoms with Gasteiger partial charge in [0.2, 0.25) is 5.91 Å². The number of hydrogen-bond donors (Lipinski definition) is 1. The van der Waals surface area contributed by atoms with E-state index in [1.807, 2.05) is 0 Å². The van der Waals surface area contributed by atoms with Gasteiger partial charge in [-0.15, -0.1) is 0 Å². The summed E-state index contributed by atoms with van der Waals surface area (Å²) in [5.41, 5.74) is 1.17. The number of rotatable bonds is 5. The van der Waals surface area contributed by atoms with Crippen molar-refractivity contribution in [2.75, 3.05) is 19.1 Å². The molecule has 202 valence electrons. The zero-order valence-electron chi connectivity index (χ0n) is 21.4. The summed E-state index contributed by atoms with van der Waals surface area (Å²) in [6, 6.07) is 11.5.